The molecule has 2 aromatic carbocycles. The predicted molar refractivity (Wildman–Crippen MR) is 97.0 cm³/mol. The van der Waals surface area contributed by atoms with Crippen molar-refractivity contribution in [2.45, 2.75) is 13.0 Å². The molecule has 0 fully saturated rings. The van der Waals surface area contributed by atoms with Crippen LogP contribution in [-0.2, 0) is 4.79 Å². The lowest BCUT2D eigenvalue weighted by Crippen LogP contribution is -2.30. The molecular formula is C18H16FN3O3S. The first-order valence-electron chi connectivity index (χ1n) is 7.76. The quantitative estimate of drug-likeness (QED) is 0.712. The van der Waals surface area contributed by atoms with E-state index in [2.05, 4.69) is 15.5 Å². The van der Waals surface area contributed by atoms with Crippen LogP contribution in [0.25, 0.3) is 10.6 Å². The zero-order valence-electron chi connectivity index (χ0n) is 14.1. The van der Waals surface area contributed by atoms with Crippen LogP contribution in [-0.4, -0.2) is 29.3 Å². The average molecular weight is 373 g/mol. The number of methoxy groups -OCH3 is 1. The maximum absolute atomic E-state index is 12.9. The fraction of sp³-hybridized carbons (Fsp3) is 0.167. The van der Waals surface area contributed by atoms with E-state index in [0.29, 0.717) is 15.9 Å². The Balaban J connectivity index is 1.62. The van der Waals surface area contributed by atoms with Crippen LogP contribution in [0.15, 0.2) is 48.5 Å². The number of anilines is 1. The summed E-state index contributed by atoms with van der Waals surface area (Å²) in [5.74, 6) is 0.421. The maximum atomic E-state index is 12.9. The number of carbonyl (C=O) groups is 1. The van der Waals surface area contributed by atoms with Gasteiger partial charge in [-0.3, -0.25) is 10.1 Å². The number of carbonyl (C=O) groups excluding carboxylic acids is 1. The molecule has 0 unspecified atom stereocenters. The maximum Gasteiger partial charge on any atom is 0.266 e. The van der Waals surface area contributed by atoms with E-state index in [1.54, 1.807) is 14.0 Å². The van der Waals surface area contributed by atoms with E-state index in [4.69, 9.17) is 9.47 Å². The monoisotopic (exact) mass is 373 g/mol. The second-order valence-electron chi connectivity index (χ2n) is 5.34. The number of nitrogens with zero attached hydrogens (tertiary/aromatic N) is 2. The van der Waals surface area contributed by atoms with E-state index in [1.807, 2.05) is 24.3 Å². The zero-order chi connectivity index (χ0) is 18.5. The van der Waals surface area contributed by atoms with Gasteiger partial charge in [0.15, 0.2) is 6.10 Å². The number of hydrogen-bond donors (Lipinski definition) is 1. The van der Waals surface area contributed by atoms with Gasteiger partial charge >= 0.3 is 0 Å². The van der Waals surface area contributed by atoms with Crippen LogP contribution < -0.4 is 14.8 Å². The largest absolute Gasteiger partial charge is 0.497 e. The third kappa shape index (κ3) is 4.34. The van der Waals surface area contributed by atoms with E-state index in [-0.39, 0.29) is 11.7 Å². The van der Waals surface area contributed by atoms with Crippen LogP contribution in [0.1, 0.15) is 6.92 Å². The van der Waals surface area contributed by atoms with Gasteiger partial charge in [-0.05, 0) is 55.5 Å². The molecule has 0 saturated carbocycles. The molecule has 0 saturated heterocycles. The summed E-state index contributed by atoms with van der Waals surface area (Å²) in [6, 6.07) is 12.9. The number of halogens is 1. The fourth-order valence-corrected chi connectivity index (χ4v) is 2.85. The molecule has 0 aliphatic rings. The molecule has 26 heavy (non-hydrogen) atoms. The van der Waals surface area contributed by atoms with Crippen molar-refractivity contribution in [2.75, 3.05) is 12.4 Å². The van der Waals surface area contributed by atoms with Crippen molar-refractivity contribution in [3.05, 3.63) is 54.3 Å². The second-order valence-corrected chi connectivity index (χ2v) is 6.32. The Labute approximate surface area is 153 Å². The highest BCUT2D eigenvalue weighted by Gasteiger charge is 2.17. The first-order valence-corrected chi connectivity index (χ1v) is 8.58. The summed E-state index contributed by atoms with van der Waals surface area (Å²) in [7, 11) is 1.60. The number of benzene rings is 2. The number of nitrogens with one attached hydrogen (secondary N) is 1. The van der Waals surface area contributed by atoms with E-state index >= 15 is 0 Å². The lowest BCUT2D eigenvalue weighted by molar-refractivity contribution is -0.122. The normalized spacial score (nSPS) is 11.7. The fourth-order valence-electron chi connectivity index (χ4n) is 2.10. The summed E-state index contributed by atoms with van der Waals surface area (Å²) in [5.41, 5.74) is 0.874. The van der Waals surface area contributed by atoms with Crippen LogP contribution in [0.5, 0.6) is 11.5 Å². The van der Waals surface area contributed by atoms with Gasteiger partial charge in [0, 0.05) is 5.56 Å². The van der Waals surface area contributed by atoms with Gasteiger partial charge in [0.1, 0.15) is 22.3 Å². The molecule has 6 nitrogen and oxygen atoms in total. The molecule has 0 radical (unpaired) electrons. The van der Waals surface area contributed by atoms with E-state index in [9.17, 15) is 9.18 Å². The van der Waals surface area contributed by atoms with Gasteiger partial charge in [-0.15, -0.1) is 10.2 Å². The molecule has 1 atom stereocenters. The molecule has 1 N–H and O–H groups in total. The molecule has 1 heterocycles. The van der Waals surface area contributed by atoms with Crippen molar-refractivity contribution in [1.82, 2.24) is 10.2 Å². The number of rotatable bonds is 6. The summed E-state index contributed by atoms with van der Waals surface area (Å²) in [4.78, 5) is 12.2. The van der Waals surface area contributed by atoms with E-state index in [0.717, 1.165) is 11.3 Å². The van der Waals surface area contributed by atoms with Gasteiger partial charge in [0.2, 0.25) is 5.13 Å². The third-order valence-corrected chi connectivity index (χ3v) is 4.38. The zero-order valence-corrected chi connectivity index (χ0v) is 14.9. The summed E-state index contributed by atoms with van der Waals surface area (Å²) < 4.78 is 23.5. The van der Waals surface area contributed by atoms with Crippen molar-refractivity contribution < 1.29 is 18.7 Å². The highest BCUT2D eigenvalue weighted by molar-refractivity contribution is 7.18. The Morgan fingerprint density at radius 3 is 2.38 bits per heavy atom. The minimum Gasteiger partial charge on any atom is -0.497 e. The third-order valence-electron chi connectivity index (χ3n) is 3.49. The number of amides is 1. The standard InChI is InChI=1S/C18H16FN3O3S/c1-11(25-15-9-5-13(19)6-10-15)16(23)20-18-22-21-17(26-18)12-3-7-14(24-2)8-4-12/h3-11H,1-2H3,(H,20,22,23)/t11-/m0/s1. The Bertz CT molecular complexity index is 881. The van der Waals surface area contributed by atoms with Gasteiger partial charge in [0.25, 0.3) is 5.91 Å². The van der Waals surface area contributed by atoms with Gasteiger partial charge in [-0.25, -0.2) is 4.39 Å². The molecule has 8 heteroatoms. The van der Waals surface area contributed by atoms with Crippen LogP contribution in [0.2, 0.25) is 0 Å². The van der Waals surface area contributed by atoms with Crippen LogP contribution in [0.3, 0.4) is 0 Å². The molecule has 134 valence electrons. The molecule has 3 rings (SSSR count). The molecule has 1 amide bonds. The van der Waals surface area contributed by atoms with Crippen LogP contribution in [0.4, 0.5) is 9.52 Å². The molecule has 0 aliphatic heterocycles. The van der Waals surface area contributed by atoms with Gasteiger partial charge in [0.05, 0.1) is 7.11 Å². The second kappa shape index (κ2) is 7.92. The molecule has 0 bridgehead atoms. The molecule has 0 aliphatic carbocycles. The summed E-state index contributed by atoms with van der Waals surface area (Å²) in [6.45, 7) is 1.60. The van der Waals surface area contributed by atoms with Gasteiger partial charge < -0.3 is 9.47 Å². The predicted octanol–water partition coefficient (Wildman–Crippen LogP) is 3.76. The van der Waals surface area contributed by atoms with Crippen molar-refractivity contribution in [3.63, 3.8) is 0 Å². The lowest BCUT2D eigenvalue weighted by Gasteiger charge is -2.13. The van der Waals surface area contributed by atoms with Crippen molar-refractivity contribution in [1.29, 1.82) is 0 Å². The minimum absolute atomic E-state index is 0.366. The Morgan fingerprint density at radius 2 is 1.73 bits per heavy atom. The number of ether oxygens (including phenoxy) is 2. The minimum atomic E-state index is -0.770. The average Bonchev–Trinajstić information content (AvgIpc) is 3.12. The summed E-state index contributed by atoms with van der Waals surface area (Å²) in [6.07, 6.45) is -0.770. The van der Waals surface area contributed by atoms with Crippen molar-refractivity contribution in [3.8, 4) is 22.1 Å². The first-order chi connectivity index (χ1) is 12.5. The molecule has 1 aromatic heterocycles. The SMILES string of the molecule is COc1ccc(-c2nnc(NC(=O)[C@H](C)Oc3ccc(F)cc3)s2)cc1. The highest BCUT2D eigenvalue weighted by Crippen LogP contribution is 2.28. The van der Waals surface area contributed by atoms with Gasteiger partial charge in [-0.1, -0.05) is 11.3 Å². The topological polar surface area (TPSA) is 73.3 Å². The van der Waals surface area contributed by atoms with Crippen molar-refractivity contribution >= 4 is 22.4 Å². The Hall–Kier alpha value is -3.00. The van der Waals surface area contributed by atoms with Gasteiger partial charge in [-0.2, -0.15) is 0 Å². The lowest BCUT2D eigenvalue weighted by atomic mass is 10.2. The highest BCUT2D eigenvalue weighted by atomic mass is 32.1. The molecular weight excluding hydrogens is 357 g/mol. The molecule has 0 spiro atoms. The van der Waals surface area contributed by atoms with Crippen LogP contribution >= 0.6 is 11.3 Å². The number of hydrogen-bond acceptors (Lipinski definition) is 6. The molecule has 3 aromatic rings. The summed E-state index contributed by atoms with van der Waals surface area (Å²) >= 11 is 1.25. The van der Waals surface area contributed by atoms with Crippen molar-refractivity contribution in [2.24, 2.45) is 0 Å². The Kier molecular flexibility index (Phi) is 5.43. The van der Waals surface area contributed by atoms with E-state index in [1.165, 1.54) is 35.6 Å². The van der Waals surface area contributed by atoms with E-state index < -0.39 is 6.10 Å². The smallest absolute Gasteiger partial charge is 0.266 e. The van der Waals surface area contributed by atoms with Crippen LogP contribution in [0, 0.1) is 5.82 Å². The summed E-state index contributed by atoms with van der Waals surface area (Å²) in [5, 5.41) is 11.8. The first kappa shape index (κ1) is 17.8. The number of aromatic nitrogens is 2. The Morgan fingerprint density at radius 1 is 1.08 bits per heavy atom.